The van der Waals surface area contributed by atoms with Gasteiger partial charge in [-0.3, -0.25) is 0 Å². The zero-order valence-electron chi connectivity index (χ0n) is 8.25. The molecule has 82 valence electrons. The van der Waals surface area contributed by atoms with Gasteiger partial charge in [-0.1, -0.05) is 31.9 Å². The lowest BCUT2D eigenvalue weighted by Crippen LogP contribution is -2.25. The van der Waals surface area contributed by atoms with Crippen molar-refractivity contribution in [3.8, 4) is 0 Å². The fourth-order valence-electron chi connectivity index (χ4n) is 1.86. The average Bonchev–Trinajstić information content (AvgIpc) is 2.74. The number of hydrogen-bond donors (Lipinski definition) is 1. The van der Waals surface area contributed by atoms with Crippen molar-refractivity contribution in [1.29, 1.82) is 0 Å². The highest BCUT2D eigenvalue weighted by atomic mass is 79.9. The Morgan fingerprint density at radius 1 is 1.40 bits per heavy atom. The monoisotopic (exact) mass is 333 g/mol. The van der Waals surface area contributed by atoms with E-state index >= 15 is 0 Å². The first kappa shape index (κ1) is 11.6. The van der Waals surface area contributed by atoms with Crippen molar-refractivity contribution in [2.24, 2.45) is 5.73 Å². The Bertz CT molecular complexity index is 350. The standard InChI is InChI=1S/C11H13Br2NO/c12-7-3-4-9(13)8(6-7)11(14)10-2-1-5-15-10/h3-4,6,10-11H,1-2,5,14H2. The van der Waals surface area contributed by atoms with Crippen LogP contribution < -0.4 is 5.73 Å². The highest BCUT2D eigenvalue weighted by Gasteiger charge is 2.25. The predicted molar refractivity (Wildman–Crippen MR) is 67.7 cm³/mol. The number of ether oxygens (including phenoxy) is 1. The molecule has 0 bridgehead atoms. The van der Waals surface area contributed by atoms with E-state index in [1.807, 2.05) is 12.1 Å². The molecule has 1 fully saturated rings. The second-order valence-electron chi connectivity index (χ2n) is 3.74. The summed E-state index contributed by atoms with van der Waals surface area (Å²) in [5.74, 6) is 0. The zero-order chi connectivity index (χ0) is 10.8. The maximum atomic E-state index is 6.19. The minimum Gasteiger partial charge on any atom is -0.376 e. The van der Waals surface area contributed by atoms with Crippen molar-refractivity contribution in [2.75, 3.05) is 6.61 Å². The molecule has 15 heavy (non-hydrogen) atoms. The van der Waals surface area contributed by atoms with Crippen molar-refractivity contribution < 1.29 is 4.74 Å². The number of halogens is 2. The molecular formula is C11H13Br2NO. The van der Waals surface area contributed by atoms with Crippen LogP contribution in [0.4, 0.5) is 0 Å². The molecule has 1 aliphatic rings. The molecule has 2 unspecified atom stereocenters. The number of hydrogen-bond acceptors (Lipinski definition) is 2. The molecule has 0 aliphatic carbocycles. The van der Waals surface area contributed by atoms with E-state index in [-0.39, 0.29) is 12.1 Å². The maximum absolute atomic E-state index is 6.19. The molecule has 2 nitrogen and oxygen atoms in total. The molecule has 2 N–H and O–H groups in total. The molecule has 4 heteroatoms. The van der Waals surface area contributed by atoms with Crippen LogP contribution in [0.3, 0.4) is 0 Å². The van der Waals surface area contributed by atoms with Crippen molar-refractivity contribution in [1.82, 2.24) is 0 Å². The lowest BCUT2D eigenvalue weighted by atomic mass is 10.0. The van der Waals surface area contributed by atoms with Gasteiger partial charge in [-0.25, -0.2) is 0 Å². The summed E-state index contributed by atoms with van der Waals surface area (Å²) < 4.78 is 7.70. The van der Waals surface area contributed by atoms with Gasteiger partial charge in [0.25, 0.3) is 0 Å². The van der Waals surface area contributed by atoms with E-state index in [1.165, 1.54) is 0 Å². The number of rotatable bonds is 2. The van der Waals surface area contributed by atoms with E-state index in [1.54, 1.807) is 0 Å². The summed E-state index contributed by atoms with van der Waals surface area (Å²) in [6, 6.07) is 6.01. The number of nitrogens with two attached hydrogens (primary N) is 1. The van der Waals surface area contributed by atoms with Gasteiger partial charge >= 0.3 is 0 Å². The third-order valence-electron chi connectivity index (χ3n) is 2.68. The van der Waals surface area contributed by atoms with Gasteiger partial charge in [-0.05, 0) is 36.6 Å². The van der Waals surface area contributed by atoms with Crippen molar-refractivity contribution in [3.63, 3.8) is 0 Å². The van der Waals surface area contributed by atoms with Crippen LogP contribution in [0.2, 0.25) is 0 Å². The number of benzene rings is 1. The van der Waals surface area contributed by atoms with Gasteiger partial charge in [0.1, 0.15) is 0 Å². The Balaban J connectivity index is 2.23. The first-order chi connectivity index (χ1) is 7.18. The Labute approximate surface area is 106 Å². The van der Waals surface area contributed by atoms with Crippen LogP contribution in [0.25, 0.3) is 0 Å². The van der Waals surface area contributed by atoms with E-state index in [0.29, 0.717) is 0 Å². The zero-order valence-corrected chi connectivity index (χ0v) is 11.4. The van der Waals surface area contributed by atoms with E-state index < -0.39 is 0 Å². The third kappa shape index (κ3) is 2.61. The molecule has 2 atom stereocenters. The van der Waals surface area contributed by atoms with Gasteiger partial charge in [0.2, 0.25) is 0 Å². The second-order valence-corrected chi connectivity index (χ2v) is 5.51. The first-order valence-electron chi connectivity index (χ1n) is 5.00. The summed E-state index contributed by atoms with van der Waals surface area (Å²) in [5.41, 5.74) is 7.30. The molecule has 1 aliphatic heterocycles. The molecule has 2 rings (SSSR count). The van der Waals surface area contributed by atoms with Crippen LogP contribution in [0.15, 0.2) is 27.1 Å². The van der Waals surface area contributed by atoms with Crippen LogP contribution in [-0.4, -0.2) is 12.7 Å². The molecule has 0 amide bonds. The van der Waals surface area contributed by atoms with Gasteiger partial charge in [0, 0.05) is 15.6 Å². The van der Waals surface area contributed by atoms with Crippen LogP contribution >= 0.6 is 31.9 Å². The quantitative estimate of drug-likeness (QED) is 0.899. The summed E-state index contributed by atoms with van der Waals surface area (Å²) >= 11 is 6.98. The van der Waals surface area contributed by atoms with Crippen LogP contribution in [0, 0.1) is 0 Å². The second kappa shape index (κ2) is 4.95. The SMILES string of the molecule is NC(c1cc(Br)ccc1Br)C1CCCO1. The normalized spacial score (nSPS) is 23.0. The molecule has 1 aromatic rings. The highest BCUT2D eigenvalue weighted by molar-refractivity contribution is 9.11. The van der Waals surface area contributed by atoms with Crippen molar-refractivity contribution in [3.05, 3.63) is 32.7 Å². The van der Waals surface area contributed by atoms with Gasteiger partial charge in [-0.2, -0.15) is 0 Å². The van der Waals surface area contributed by atoms with E-state index in [0.717, 1.165) is 34.0 Å². The minimum absolute atomic E-state index is 0.0422. The van der Waals surface area contributed by atoms with Gasteiger partial charge in [0.15, 0.2) is 0 Å². The van der Waals surface area contributed by atoms with Crippen LogP contribution in [0.1, 0.15) is 24.4 Å². The topological polar surface area (TPSA) is 35.2 Å². The molecule has 0 aromatic heterocycles. The summed E-state index contributed by atoms with van der Waals surface area (Å²) in [5, 5.41) is 0. The fraction of sp³-hybridized carbons (Fsp3) is 0.455. The average molecular weight is 335 g/mol. The van der Waals surface area contributed by atoms with E-state index in [2.05, 4.69) is 37.9 Å². The maximum Gasteiger partial charge on any atom is 0.0768 e. The van der Waals surface area contributed by atoms with Gasteiger partial charge < -0.3 is 10.5 Å². The molecule has 1 aromatic carbocycles. The molecule has 0 saturated carbocycles. The van der Waals surface area contributed by atoms with Crippen molar-refractivity contribution in [2.45, 2.75) is 25.0 Å². The molecular weight excluding hydrogens is 322 g/mol. The van der Waals surface area contributed by atoms with Gasteiger partial charge in [0.05, 0.1) is 12.1 Å². The molecule has 1 saturated heterocycles. The van der Waals surface area contributed by atoms with Crippen LogP contribution in [-0.2, 0) is 4.74 Å². The van der Waals surface area contributed by atoms with E-state index in [4.69, 9.17) is 10.5 Å². The lowest BCUT2D eigenvalue weighted by Gasteiger charge is -2.20. The largest absolute Gasteiger partial charge is 0.376 e. The Morgan fingerprint density at radius 2 is 2.20 bits per heavy atom. The highest BCUT2D eigenvalue weighted by Crippen LogP contribution is 2.31. The smallest absolute Gasteiger partial charge is 0.0768 e. The summed E-state index contributed by atoms with van der Waals surface area (Å²) in [7, 11) is 0. The first-order valence-corrected chi connectivity index (χ1v) is 6.59. The van der Waals surface area contributed by atoms with Crippen molar-refractivity contribution >= 4 is 31.9 Å². The van der Waals surface area contributed by atoms with E-state index in [9.17, 15) is 0 Å². The molecule has 0 radical (unpaired) electrons. The minimum atomic E-state index is -0.0422. The third-order valence-corrected chi connectivity index (χ3v) is 3.90. The summed E-state index contributed by atoms with van der Waals surface area (Å²) in [6.45, 7) is 0.837. The molecule has 0 spiro atoms. The Kier molecular flexibility index (Phi) is 3.83. The van der Waals surface area contributed by atoms with Crippen LogP contribution in [0.5, 0.6) is 0 Å². The van der Waals surface area contributed by atoms with Gasteiger partial charge in [-0.15, -0.1) is 0 Å². The summed E-state index contributed by atoms with van der Waals surface area (Å²) in [6.07, 6.45) is 2.33. The molecule has 1 heterocycles. The fourth-order valence-corrected chi connectivity index (χ4v) is 2.75. The summed E-state index contributed by atoms with van der Waals surface area (Å²) in [4.78, 5) is 0. The lowest BCUT2D eigenvalue weighted by molar-refractivity contribution is 0.0898. The predicted octanol–water partition coefficient (Wildman–Crippen LogP) is 3.39. The Hall–Kier alpha value is 0.1000. The Morgan fingerprint density at radius 3 is 2.87 bits per heavy atom.